The third-order valence-corrected chi connectivity index (χ3v) is 6.32. The van der Waals surface area contributed by atoms with E-state index in [9.17, 15) is 14.7 Å². The lowest BCUT2D eigenvalue weighted by molar-refractivity contribution is -0.141. The fourth-order valence-electron chi connectivity index (χ4n) is 4.07. The second-order valence-electron chi connectivity index (χ2n) is 8.29. The summed E-state index contributed by atoms with van der Waals surface area (Å²) in [6, 6.07) is 15.3. The van der Waals surface area contributed by atoms with E-state index in [4.69, 9.17) is 23.2 Å². The van der Waals surface area contributed by atoms with Gasteiger partial charge in [0.1, 0.15) is 0 Å². The molecule has 32 heavy (non-hydrogen) atoms. The number of amides is 1. The largest absolute Gasteiger partial charge is 0.481 e. The summed E-state index contributed by atoms with van der Waals surface area (Å²) in [5.41, 5.74) is 2.65. The van der Waals surface area contributed by atoms with E-state index in [1.54, 1.807) is 17.0 Å². The second-order valence-corrected chi connectivity index (χ2v) is 9.16. The summed E-state index contributed by atoms with van der Waals surface area (Å²) in [7, 11) is 0. The van der Waals surface area contributed by atoms with Crippen LogP contribution in [0.25, 0.3) is 5.57 Å². The number of halogens is 2. The first-order valence-corrected chi connectivity index (χ1v) is 11.9. The van der Waals surface area contributed by atoms with Gasteiger partial charge in [0.2, 0.25) is 0 Å². The maximum absolute atomic E-state index is 13.2. The molecular weight excluding hydrogens is 445 g/mol. The first kappa shape index (κ1) is 24.3. The maximum Gasteiger partial charge on any atom is 0.308 e. The molecule has 0 unspecified atom stereocenters. The minimum atomic E-state index is -0.841. The Morgan fingerprint density at radius 2 is 1.72 bits per heavy atom. The number of nitrogens with zero attached hydrogens (tertiary/aromatic N) is 1. The van der Waals surface area contributed by atoms with Crippen LogP contribution in [0.5, 0.6) is 0 Å². The summed E-state index contributed by atoms with van der Waals surface area (Å²) < 4.78 is 0. The molecule has 1 aliphatic heterocycles. The predicted molar refractivity (Wildman–Crippen MR) is 130 cm³/mol. The zero-order valence-electron chi connectivity index (χ0n) is 18.1. The highest BCUT2D eigenvalue weighted by atomic mass is 35.5. The Morgan fingerprint density at radius 1 is 1.00 bits per heavy atom. The number of rotatable bonds is 10. The second kappa shape index (κ2) is 12.1. The summed E-state index contributed by atoms with van der Waals surface area (Å²) in [5, 5.41) is 10.6. The standard InChI is InChI=1S/C26H29Cl2NO3/c27-22-11-6-9-19(16-22)8-4-2-1-3-5-13-24(20-10-7-12-23(28)17-20)25(30)29-15-14-21(18-29)26(31)32/h6-7,9-13,16-17,21H,1-5,8,14-15,18H2,(H,31,32)/t21-/m1/s1. The number of hydrogen-bond donors (Lipinski definition) is 1. The molecule has 1 aliphatic rings. The smallest absolute Gasteiger partial charge is 0.308 e. The number of carboxylic acids is 1. The van der Waals surface area contributed by atoms with Gasteiger partial charge in [-0.25, -0.2) is 0 Å². The normalized spacial score (nSPS) is 16.4. The van der Waals surface area contributed by atoms with Gasteiger partial charge in [0, 0.05) is 28.7 Å². The van der Waals surface area contributed by atoms with Crippen molar-refractivity contribution >= 4 is 40.7 Å². The highest BCUT2D eigenvalue weighted by Crippen LogP contribution is 2.26. The fraction of sp³-hybridized carbons (Fsp3) is 0.385. The lowest BCUT2D eigenvalue weighted by Crippen LogP contribution is -2.30. The highest BCUT2D eigenvalue weighted by Gasteiger charge is 2.32. The molecule has 2 aromatic rings. The summed E-state index contributed by atoms with van der Waals surface area (Å²) in [5.74, 6) is -1.44. The lowest BCUT2D eigenvalue weighted by Gasteiger charge is -2.18. The Morgan fingerprint density at radius 3 is 2.41 bits per heavy atom. The molecule has 170 valence electrons. The van der Waals surface area contributed by atoms with Gasteiger partial charge in [0.05, 0.1) is 5.92 Å². The van der Waals surface area contributed by atoms with E-state index in [1.165, 1.54) is 5.56 Å². The van der Waals surface area contributed by atoms with Crippen LogP contribution in [0.15, 0.2) is 54.6 Å². The topological polar surface area (TPSA) is 57.6 Å². The maximum atomic E-state index is 13.2. The fourth-order valence-corrected chi connectivity index (χ4v) is 4.47. The Kier molecular flexibility index (Phi) is 9.19. The van der Waals surface area contributed by atoms with Crippen molar-refractivity contribution in [2.45, 2.75) is 44.9 Å². The van der Waals surface area contributed by atoms with Crippen LogP contribution in [-0.2, 0) is 16.0 Å². The number of allylic oxidation sites excluding steroid dienone is 1. The van der Waals surface area contributed by atoms with Crippen molar-refractivity contribution in [1.82, 2.24) is 4.90 Å². The number of aryl methyl sites for hydroxylation is 1. The highest BCUT2D eigenvalue weighted by molar-refractivity contribution is 6.31. The summed E-state index contributed by atoms with van der Waals surface area (Å²) >= 11 is 12.2. The molecule has 4 nitrogen and oxygen atoms in total. The molecule has 1 amide bonds. The van der Waals surface area contributed by atoms with Gasteiger partial charge in [-0.05, 0) is 67.5 Å². The van der Waals surface area contributed by atoms with Crippen molar-refractivity contribution in [1.29, 1.82) is 0 Å². The number of benzene rings is 2. The molecule has 1 atom stereocenters. The average Bonchev–Trinajstić information content (AvgIpc) is 3.26. The lowest BCUT2D eigenvalue weighted by atomic mass is 10.0. The Bertz CT molecular complexity index is 973. The number of unbranched alkanes of at least 4 members (excludes halogenated alkanes) is 4. The molecule has 0 bridgehead atoms. The number of carbonyl (C=O) groups is 2. The Balaban J connectivity index is 1.55. The molecule has 0 saturated carbocycles. The predicted octanol–water partition coefficient (Wildman–Crippen LogP) is 6.50. The molecule has 1 heterocycles. The minimum Gasteiger partial charge on any atom is -0.481 e. The zero-order valence-corrected chi connectivity index (χ0v) is 19.6. The van der Waals surface area contributed by atoms with Crippen molar-refractivity contribution in [3.8, 4) is 0 Å². The van der Waals surface area contributed by atoms with E-state index in [0.29, 0.717) is 23.6 Å². The van der Waals surface area contributed by atoms with Crippen LogP contribution in [0.4, 0.5) is 0 Å². The van der Waals surface area contributed by atoms with Crippen LogP contribution >= 0.6 is 23.2 Å². The molecule has 1 N–H and O–H groups in total. The molecule has 0 spiro atoms. The van der Waals surface area contributed by atoms with Gasteiger partial charge in [0.15, 0.2) is 0 Å². The van der Waals surface area contributed by atoms with Crippen LogP contribution in [0, 0.1) is 5.92 Å². The van der Waals surface area contributed by atoms with Crippen molar-refractivity contribution in [3.05, 3.63) is 75.8 Å². The van der Waals surface area contributed by atoms with Gasteiger partial charge in [0.25, 0.3) is 5.91 Å². The van der Waals surface area contributed by atoms with Gasteiger partial charge in [-0.3, -0.25) is 9.59 Å². The Hall–Kier alpha value is -2.30. The number of aliphatic carboxylic acids is 1. The summed E-state index contributed by atoms with van der Waals surface area (Å²) in [6.45, 7) is 0.729. The van der Waals surface area contributed by atoms with Crippen molar-refractivity contribution in [2.24, 2.45) is 5.92 Å². The summed E-state index contributed by atoms with van der Waals surface area (Å²) in [6.07, 6.45) is 8.59. The SMILES string of the molecule is O=C(O)[C@@H]1CCN(C(=O)C(=CCCCCCCc2cccc(Cl)c2)c2cccc(Cl)c2)C1. The molecule has 6 heteroatoms. The minimum absolute atomic E-state index is 0.114. The molecule has 0 radical (unpaired) electrons. The van der Waals surface area contributed by atoms with E-state index in [1.807, 2.05) is 36.4 Å². The molecule has 0 aromatic heterocycles. The number of hydrogen-bond acceptors (Lipinski definition) is 2. The van der Waals surface area contributed by atoms with Gasteiger partial charge in [-0.15, -0.1) is 0 Å². The first-order chi connectivity index (χ1) is 15.4. The third-order valence-electron chi connectivity index (χ3n) is 5.85. The van der Waals surface area contributed by atoms with Gasteiger partial charge in [-0.2, -0.15) is 0 Å². The first-order valence-electron chi connectivity index (χ1n) is 11.2. The van der Waals surface area contributed by atoms with Gasteiger partial charge >= 0.3 is 5.97 Å². The van der Waals surface area contributed by atoms with E-state index >= 15 is 0 Å². The van der Waals surface area contributed by atoms with Crippen LogP contribution in [0.1, 0.15) is 49.7 Å². The quantitative estimate of drug-likeness (QED) is 0.316. The summed E-state index contributed by atoms with van der Waals surface area (Å²) in [4.78, 5) is 26.1. The molecule has 1 saturated heterocycles. The van der Waals surface area contributed by atoms with E-state index in [0.717, 1.165) is 49.1 Å². The van der Waals surface area contributed by atoms with E-state index in [-0.39, 0.29) is 12.5 Å². The van der Waals surface area contributed by atoms with Crippen LogP contribution in [0.3, 0.4) is 0 Å². The molecule has 2 aromatic carbocycles. The molecule has 3 rings (SSSR count). The number of carbonyl (C=O) groups excluding carboxylic acids is 1. The Labute approximate surface area is 199 Å². The number of carboxylic acid groups (broad SMARTS) is 1. The molecular formula is C26H29Cl2NO3. The van der Waals surface area contributed by atoms with Gasteiger partial charge < -0.3 is 10.0 Å². The van der Waals surface area contributed by atoms with Crippen LogP contribution in [0.2, 0.25) is 10.0 Å². The van der Waals surface area contributed by atoms with Crippen LogP contribution < -0.4 is 0 Å². The monoisotopic (exact) mass is 473 g/mol. The third kappa shape index (κ3) is 7.11. The zero-order chi connectivity index (χ0) is 22.9. The average molecular weight is 474 g/mol. The molecule has 0 aliphatic carbocycles. The van der Waals surface area contributed by atoms with Crippen molar-refractivity contribution < 1.29 is 14.7 Å². The van der Waals surface area contributed by atoms with Crippen molar-refractivity contribution in [2.75, 3.05) is 13.1 Å². The molecule has 1 fully saturated rings. The van der Waals surface area contributed by atoms with Crippen molar-refractivity contribution in [3.63, 3.8) is 0 Å². The van der Waals surface area contributed by atoms with Crippen LogP contribution in [-0.4, -0.2) is 35.0 Å². The van der Waals surface area contributed by atoms with Gasteiger partial charge in [-0.1, -0.05) is 66.4 Å². The van der Waals surface area contributed by atoms with E-state index < -0.39 is 11.9 Å². The number of likely N-dealkylation sites (tertiary alicyclic amines) is 1. The van der Waals surface area contributed by atoms with E-state index in [2.05, 4.69) is 6.07 Å².